The maximum absolute atomic E-state index is 11.8. The van der Waals surface area contributed by atoms with Gasteiger partial charge in [0.15, 0.2) is 0 Å². The Morgan fingerprint density at radius 1 is 1.35 bits per heavy atom. The zero-order chi connectivity index (χ0) is 15.0. The van der Waals surface area contributed by atoms with Crippen LogP contribution >= 0.6 is 0 Å². The highest BCUT2D eigenvalue weighted by Crippen LogP contribution is 2.05. The molecule has 6 nitrogen and oxygen atoms in total. The van der Waals surface area contributed by atoms with Gasteiger partial charge in [-0.1, -0.05) is 30.3 Å². The van der Waals surface area contributed by atoms with Crippen LogP contribution in [0.1, 0.15) is 12.0 Å². The SMILES string of the molecule is COCCCS(=O)(=O)N[C@H](Cc1ccccc1)C(=O)O. The van der Waals surface area contributed by atoms with E-state index in [-0.39, 0.29) is 12.2 Å². The van der Waals surface area contributed by atoms with E-state index in [9.17, 15) is 13.2 Å². The molecule has 2 N–H and O–H groups in total. The minimum atomic E-state index is -3.63. The molecule has 0 saturated carbocycles. The molecule has 0 aliphatic carbocycles. The molecular formula is C13H19NO5S. The number of rotatable bonds is 9. The molecule has 0 saturated heterocycles. The first-order valence-corrected chi connectivity index (χ1v) is 7.85. The second-order valence-electron chi connectivity index (χ2n) is 4.36. The van der Waals surface area contributed by atoms with E-state index < -0.39 is 22.0 Å². The van der Waals surface area contributed by atoms with Gasteiger partial charge in [-0.15, -0.1) is 0 Å². The standard InChI is InChI=1S/C13H19NO5S/c1-19-8-5-9-20(17,18)14-12(13(15)16)10-11-6-3-2-4-7-11/h2-4,6-7,12,14H,5,8-10H2,1H3,(H,15,16)/t12-/m1/s1. The van der Waals surface area contributed by atoms with Crippen LogP contribution in [0.5, 0.6) is 0 Å². The summed E-state index contributed by atoms with van der Waals surface area (Å²) in [6.07, 6.45) is 0.434. The van der Waals surface area contributed by atoms with E-state index in [2.05, 4.69) is 4.72 Å². The molecule has 0 aliphatic rings. The van der Waals surface area contributed by atoms with Gasteiger partial charge in [0.25, 0.3) is 0 Å². The summed E-state index contributed by atoms with van der Waals surface area (Å²) >= 11 is 0. The Balaban J connectivity index is 2.65. The number of sulfonamides is 1. The van der Waals surface area contributed by atoms with Crippen molar-refractivity contribution in [3.8, 4) is 0 Å². The summed E-state index contributed by atoms with van der Waals surface area (Å²) in [6, 6.07) is 7.73. The molecule has 20 heavy (non-hydrogen) atoms. The molecule has 0 aromatic heterocycles. The van der Waals surface area contributed by atoms with Gasteiger partial charge in [0, 0.05) is 13.7 Å². The highest BCUT2D eigenvalue weighted by molar-refractivity contribution is 7.89. The van der Waals surface area contributed by atoms with Crippen LogP contribution in [-0.2, 0) is 26.0 Å². The molecule has 1 aromatic rings. The number of benzene rings is 1. The van der Waals surface area contributed by atoms with E-state index >= 15 is 0 Å². The van der Waals surface area contributed by atoms with Crippen LogP contribution in [0.4, 0.5) is 0 Å². The predicted molar refractivity (Wildman–Crippen MR) is 75.0 cm³/mol. The molecule has 1 atom stereocenters. The quantitative estimate of drug-likeness (QED) is 0.653. The number of hydrogen-bond acceptors (Lipinski definition) is 4. The van der Waals surface area contributed by atoms with Crippen molar-refractivity contribution in [3.05, 3.63) is 35.9 Å². The highest BCUT2D eigenvalue weighted by atomic mass is 32.2. The number of methoxy groups -OCH3 is 1. The average Bonchev–Trinajstić information content (AvgIpc) is 2.39. The van der Waals surface area contributed by atoms with Crippen LogP contribution in [0.25, 0.3) is 0 Å². The molecule has 0 spiro atoms. The zero-order valence-electron chi connectivity index (χ0n) is 11.3. The summed E-state index contributed by atoms with van der Waals surface area (Å²) in [6.45, 7) is 0.317. The van der Waals surface area contributed by atoms with E-state index in [0.717, 1.165) is 5.56 Å². The van der Waals surface area contributed by atoms with Gasteiger partial charge in [-0.05, 0) is 18.4 Å². The van der Waals surface area contributed by atoms with Gasteiger partial charge in [-0.25, -0.2) is 13.1 Å². The van der Waals surface area contributed by atoms with Crippen LogP contribution in [0, 0.1) is 0 Å². The normalized spacial score (nSPS) is 13.1. The number of hydrogen-bond donors (Lipinski definition) is 2. The Morgan fingerprint density at radius 3 is 2.55 bits per heavy atom. The number of nitrogens with one attached hydrogen (secondary N) is 1. The first kappa shape index (κ1) is 16.6. The molecule has 112 valence electrons. The number of aliphatic carboxylic acids is 1. The fourth-order valence-corrected chi connectivity index (χ4v) is 2.93. The van der Waals surface area contributed by atoms with Crippen LogP contribution in [-0.4, -0.2) is 45.0 Å². The third-order valence-corrected chi connectivity index (χ3v) is 4.13. The maximum Gasteiger partial charge on any atom is 0.322 e. The highest BCUT2D eigenvalue weighted by Gasteiger charge is 2.23. The fraction of sp³-hybridized carbons (Fsp3) is 0.462. The van der Waals surface area contributed by atoms with E-state index in [4.69, 9.17) is 9.84 Å². The summed E-state index contributed by atoms with van der Waals surface area (Å²) in [5, 5.41) is 9.12. The predicted octanol–water partition coefficient (Wildman–Crippen LogP) is 0.638. The van der Waals surface area contributed by atoms with Crippen molar-refractivity contribution in [1.29, 1.82) is 0 Å². The number of carbonyl (C=O) groups is 1. The summed E-state index contributed by atoms with van der Waals surface area (Å²) < 4.78 is 30.6. The molecule has 0 amide bonds. The molecule has 0 heterocycles. The summed E-state index contributed by atoms with van der Waals surface area (Å²) in [5.41, 5.74) is 0.763. The van der Waals surface area contributed by atoms with Crippen molar-refractivity contribution in [2.75, 3.05) is 19.5 Å². The topological polar surface area (TPSA) is 92.7 Å². The monoisotopic (exact) mass is 301 g/mol. The Hall–Kier alpha value is -1.44. The lowest BCUT2D eigenvalue weighted by Gasteiger charge is -2.14. The lowest BCUT2D eigenvalue weighted by atomic mass is 10.1. The number of ether oxygens (including phenoxy) is 1. The van der Waals surface area contributed by atoms with Gasteiger partial charge in [-0.3, -0.25) is 4.79 Å². The van der Waals surface area contributed by atoms with Gasteiger partial charge in [0.05, 0.1) is 5.75 Å². The lowest BCUT2D eigenvalue weighted by molar-refractivity contribution is -0.138. The minimum absolute atomic E-state index is 0.111. The first-order chi connectivity index (χ1) is 9.44. The lowest BCUT2D eigenvalue weighted by Crippen LogP contribution is -2.43. The van der Waals surface area contributed by atoms with Gasteiger partial charge < -0.3 is 9.84 Å². The van der Waals surface area contributed by atoms with E-state index in [1.165, 1.54) is 7.11 Å². The molecule has 7 heteroatoms. The molecule has 1 rings (SSSR count). The zero-order valence-corrected chi connectivity index (χ0v) is 12.1. The van der Waals surface area contributed by atoms with Crippen LogP contribution in [0.3, 0.4) is 0 Å². The fourth-order valence-electron chi connectivity index (χ4n) is 1.70. The third kappa shape index (κ3) is 6.14. The maximum atomic E-state index is 11.8. The van der Waals surface area contributed by atoms with E-state index in [1.54, 1.807) is 24.3 Å². The second-order valence-corrected chi connectivity index (χ2v) is 6.24. The van der Waals surface area contributed by atoms with Gasteiger partial charge >= 0.3 is 5.97 Å². The molecular weight excluding hydrogens is 282 g/mol. The summed E-state index contributed by atoms with van der Waals surface area (Å²) in [7, 11) is -2.15. The van der Waals surface area contributed by atoms with Crippen LogP contribution in [0.15, 0.2) is 30.3 Å². The summed E-state index contributed by atoms with van der Waals surface area (Å²) in [5.74, 6) is -1.34. The van der Waals surface area contributed by atoms with Gasteiger partial charge in [0.1, 0.15) is 6.04 Å². The molecule has 0 unspecified atom stereocenters. The molecule has 0 radical (unpaired) electrons. The van der Waals surface area contributed by atoms with E-state index in [0.29, 0.717) is 13.0 Å². The largest absolute Gasteiger partial charge is 0.480 e. The number of carboxylic acid groups (broad SMARTS) is 1. The Bertz CT molecular complexity index is 515. The molecule has 0 aliphatic heterocycles. The first-order valence-electron chi connectivity index (χ1n) is 6.20. The van der Waals surface area contributed by atoms with Gasteiger partial charge in [-0.2, -0.15) is 0 Å². The molecule has 0 bridgehead atoms. The molecule has 1 aromatic carbocycles. The van der Waals surface area contributed by atoms with Crippen LogP contribution in [0.2, 0.25) is 0 Å². The average molecular weight is 301 g/mol. The van der Waals surface area contributed by atoms with Crippen molar-refractivity contribution in [2.45, 2.75) is 18.9 Å². The van der Waals surface area contributed by atoms with Crippen LogP contribution < -0.4 is 4.72 Å². The summed E-state index contributed by atoms with van der Waals surface area (Å²) in [4.78, 5) is 11.2. The Labute approximate surface area is 118 Å². The van der Waals surface area contributed by atoms with Gasteiger partial charge in [0.2, 0.25) is 10.0 Å². The van der Waals surface area contributed by atoms with Crippen molar-refractivity contribution >= 4 is 16.0 Å². The van der Waals surface area contributed by atoms with Crippen molar-refractivity contribution in [3.63, 3.8) is 0 Å². The van der Waals surface area contributed by atoms with Crippen molar-refractivity contribution in [1.82, 2.24) is 4.72 Å². The third-order valence-electron chi connectivity index (χ3n) is 2.66. The molecule has 0 fully saturated rings. The number of carboxylic acids is 1. The van der Waals surface area contributed by atoms with Crippen molar-refractivity contribution in [2.24, 2.45) is 0 Å². The van der Waals surface area contributed by atoms with Crippen molar-refractivity contribution < 1.29 is 23.1 Å². The Morgan fingerprint density at radius 2 is 2.00 bits per heavy atom. The van der Waals surface area contributed by atoms with E-state index in [1.807, 2.05) is 6.07 Å². The second kappa shape index (κ2) is 7.98. The minimum Gasteiger partial charge on any atom is -0.480 e. The Kier molecular flexibility index (Phi) is 6.63. The smallest absolute Gasteiger partial charge is 0.322 e.